The first-order valence-corrected chi connectivity index (χ1v) is 3.76. The lowest BCUT2D eigenvalue weighted by Gasteiger charge is -2.21. The maximum absolute atomic E-state index is 11.2. The van der Waals surface area contributed by atoms with Crippen molar-refractivity contribution >= 4 is 17.9 Å². The second-order valence-corrected chi connectivity index (χ2v) is 3.77. The first kappa shape index (κ1) is 8.84. The quantitative estimate of drug-likeness (QED) is 0.540. The van der Waals surface area contributed by atoms with Crippen LogP contribution in [-0.2, 0) is 9.59 Å². The van der Waals surface area contributed by atoms with E-state index in [-0.39, 0.29) is 17.1 Å². The first-order valence-electron chi connectivity index (χ1n) is 3.76. The monoisotopic (exact) mass is 165 g/mol. The van der Waals surface area contributed by atoms with Gasteiger partial charge < -0.3 is 0 Å². The first-order chi connectivity index (χ1) is 5.41. The molecular formula is C9H11NO2. The van der Waals surface area contributed by atoms with Gasteiger partial charge >= 0.3 is 0 Å². The third-order valence-corrected chi connectivity index (χ3v) is 1.65. The Morgan fingerprint density at radius 1 is 1.25 bits per heavy atom. The number of hydrogen-bond acceptors (Lipinski definition) is 2. The zero-order chi connectivity index (χ0) is 9.35. The van der Waals surface area contributed by atoms with Crippen LogP contribution >= 0.6 is 0 Å². The van der Waals surface area contributed by atoms with Gasteiger partial charge in [0.15, 0.2) is 0 Å². The summed E-state index contributed by atoms with van der Waals surface area (Å²) >= 11 is 0. The van der Waals surface area contributed by atoms with E-state index >= 15 is 0 Å². The molecule has 0 aromatic heterocycles. The molecule has 0 aliphatic carbocycles. The van der Waals surface area contributed by atoms with Gasteiger partial charge in [-0.3, -0.25) is 9.59 Å². The Bertz CT molecular complexity index is 292. The van der Waals surface area contributed by atoms with Crippen molar-refractivity contribution in [2.45, 2.75) is 20.8 Å². The molecule has 0 fully saturated rings. The molecule has 1 amide bonds. The minimum Gasteiger partial charge on any atom is -0.288 e. The number of rotatable bonds is 0. The summed E-state index contributed by atoms with van der Waals surface area (Å²) in [5.74, 6) is -0.512. The molecule has 0 spiro atoms. The fourth-order valence-corrected chi connectivity index (χ4v) is 1.01. The van der Waals surface area contributed by atoms with E-state index in [0.717, 1.165) is 6.21 Å². The molecule has 0 saturated carbocycles. The Morgan fingerprint density at radius 2 is 1.83 bits per heavy atom. The molecule has 12 heavy (non-hydrogen) atoms. The molecule has 64 valence electrons. The second-order valence-electron chi connectivity index (χ2n) is 3.77. The lowest BCUT2D eigenvalue weighted by molar-refractivity contribution is -0.116. The molecule has 0 bridgehead atoms. The highest BCUT2D eigenvalue weighted by Gasteiger charge is 2.25. The topological polar surface area (TPSA) is 46.5 Å². The summed E-state index contributed by atoms with van der Waals surface area (Å²) in [7, 11) is 0. The largest absolute Gasteiger partial charge is 0.288 e. The van der Waals surface area contributed by atoms with Gasteiger partial charge in [0.2, 0.25) is 5.78 Å². The normalized spacial score (nSPS) is 18.1. The van der Waals surface area contributed by atoms with Gasteiger partial charge in [-0.1, -0.05) is 20.8 Å². The van der Waals surface area contributed by atoms with Crippen molar-refractivity contribution in [1.29, 1.82) is 0 Å². The van der Waals surface area contributed by atoms with Crippen molar-refractivity contribution < 1.29 is 9.59 Å². The van der Waals surface area contributed by atoms with E-state index in [1.54, 1.807) is 0 Å². The van der Waals surface area contributed by atoms with Crippen LogP contribution < -0.4 is 0 Å². The van der Waals surface area contributed by atoms with Crippen LogP contribution in [0.15, 0.2) is 16.6 Å². The summed E-state index contributed by atoms with van der Waals surface area (Å²) in [4.78, 5) is 25.4. The Balaban J connectivity index is 3.05. The van der Waals surface area contributed by atoms with Crippen LogP contribution in [0.1, 0.15) is 20.8 Å². The summed E-state index contributed by atoms with van der Waals surface area (Å²) in [6, 6.07) is 0. The van der Waals surface area contributed by atoms with Crippen molar-refractivity contribution in [3.05, 3.63) is 11.6 Å². The fraction of sp³-hybridized carbons (Fsp3) is 0.444. The third-order valence-electron chi connectivity index (χ3n) is 1.65. The molecule has 0 unspecified atom stereocenters. The summed E-state index contributed by atoms with van der Waals surface area (Å²) in [5.41, 5.74) is 0.252. The van der Waals surface area contributed by atoms with Gasteiger partial charge in [-0.25, -0.2) is 4.99 Å². The minimum absolute atomic E-state index is 0.165. The van der Waals surface area contributed by atoms with E-state index in [2.05, 4.69) is 4.99 Å². The van der Waals surface area contributed by atoms with Crippen LogP contribution in [-0.4, -0.2) is 17.9 Å². The second kappa shape index (κ2) is 2.66. The van der Waals surface area contributed by atoms with E-state index in [9.17, 15) is 9.59 Å². The minimum atomic E-state index is -0.348. The van der Waals surface area contributed by atoms with E-state index in [1.165, 1.54) is 6.08 Å². The predicted octanol–water partition coefficient (Wildman–Crippen LogP) is 1.14. The molecular weight excluding hydrogens is 154 g/mol. The number of allylic oxidation sites excluding steroid dienone is 1. The van der Waals surface area contributed by atoms with E-state index in [4.69, 9.17) is 0 Å². The molecule has 1 heterocycles. The Labute approximate surface area is 71.2 Å². The van der Waals surface area contributed by atoms with Crippen molar-refractivity contribution in [1.82, 2.24) is 0 Å². The van der Waals surface area contributed by atoms with E-state index in [0.29, 0.717) is 5.57 Å². The van der Waals surface area contributed by atoms with Gasteiger partial charge in [-0.2, -0.15) is 0 Å². The highest BCUT2D eigenvalue weighted by Crippen LogP contribution is 2.26. The number of nitrogens with zero attached hydrogens (tertiary/aromatic N) is 1. The molecule has 0 atom stereocenters. The Kier molecular flexibility index (Phi) is 1.96. The van der Waals surface area contributed by atoms with E-state index in [1.807, 2.05) is 20.8 Å². The van der Waals surface area contributed by atoms with Crippen molar-refractivity contribution in [3.8, 4) is 0 Å². The number of dihydropyridines is 1. The van der Waals surface area contributed by atoms with Crippen LogP contribution in [0.2, 0.25) is 0 Å². The number of carbonyl (C=O) groups excluding carboxylic acids is 2. The van der Waals surface area contributed by atoms with Gasteiger partial charge in [0.05, 0.1) is 6.21 Å². The number of Topliss-reactive ketones (excluding diaryl/α,β-unsaturated/α-hetero) is 1. The summed E-state index contributed by atoms with van der Waals surface area (Å²) in [6.45, 7) is 5.68. The van der Waals surface area contributed by atoms with Crippen molar-refractivity contribution in [2.24, 2.45) is 10.4 Å². The summed E-state index contributed by atoms with van der Waals surface area (Å²) in [5, 5.41) is 0. The number of carbonyl (C=O) groups is 2. The molecule has 0 radical (unpaired) electrons. The lowest BCUT2D eigenvalue weighted by Crippen LogP contribution is -2.23. The van der Waals surface area contributed by atoms with Gasteiger partial charge in [-0.05, 0) is 5.41 Å². The highest BCUT2D eigenvalue weighted by molar-refractivity contribution is 6.39. The molecule has 1 rings (SSSR count). The average molecular weight is 165 g/mol. The maximum Gasteiger partial charge on any atom is 0.270 e. The molecule has 3 nitrogen and oxygen atoms in total. The Morgan fingerprint density at radius 3 is 2.25 bits per heavy atom. The van der Waals surface area contributed by atoms with Crippen molar-refractivity contribution in [2.75, 3.05) is 0 Å². The van der Waals surface area contributed by atoms with Gasteiger partial charge in [0, 0.05) is 11.6 Å². The zero-order valence-electron chi connectivity index (χ0n) is 7.42. The lowest BCUT2D eigenvalue weighted by atomic mass is 9.83. The predicted molar refractivity (Wildman–Crippen MR) is 46.0 cm³/mol. The van der Waals surface area contributed by atoms with Crippen LogP contribution in [0, 0.1) is 5.41 Å². The number of hydrogen-bond donors (Lipinski definition) is 0. The SMILES string of the molecule is CC(C)(C)C1=CC(=O)N=CC1=O. The molecule has 1 aliphatic heterocycles. The van der Waals surface area contributed by atoms with Crippen LogP contribution in [0.3, 0.4) is 0 Å². The van der Waals surface area contributed by atoms with Crippen molar-refractivity contribution in [3.63, 3.8) is 0 Å². The fourth-order valence-electron chi connectivity index (χ4n) is 1.01. The molecule has 0 aromatic rings. The molecule has 0 aromatic carbocycles. The van der Waals surface area contributed by atoms with Crippen LogP contribution in [0.4, 0.5) is 0 Å². The molecule has 1 aliphatic rings. The summed E-state index contributed by atoms with van der Waals surface area (Å²) < 4.78 is 0. The van der Waals surface area contributed by atoms with Gasteiger partial charge in [0.1, 0.15) is 0 Å². The highest BCUT2D eigenvalue weighted by atomic mass is 16.2. The maximum atomic E-state index is 11.2. The Hall–Kier alpha value is -1.25. The molecule has 0 N–H and O–H groups in total. The van der Waals surface area contributed by atoms with E-state index < -0.39 is 0 Å². The zero-order valence-corrected chi connectivity index (χ0v) is 7.42. The number of amides is 1. The number of aliphatic imine (C=N–C) groups is 1. The van der Waals surface area contributed by atoms with Gasteiger partial charge in [0.25, 0.3) is 5.91 Å². The third kappa shape index (κ3) is 1.67. The number of ketones is 1. The smallest absolute Gasteiger partial charge is 0.270 e. The molecule has 3 heteroatoms. The standard InChI is InChI=1S/C9H11NO2/c1-9(2,3)6-4-8(12)10-5-7(6)11/h4-5H,1-3H3. The van der Waals surface area contributed by atoms with Crippen LogP contribution in [0.5, 0.6) is 0 Å². The average Bonchev–Trinajstić information content (AvgIpc) is 1.92. The van der Waals surface area contributed by atoms with Gasteiger partial charge in [-0.15, -0.1) is 0 Å². The van der Waals surface area contributed by atoms with Crippen LogP contribution in [0.25, 0.3) is 0 Å². The summed E-state index contributed by atoms with van der Waals surface area (Å²) in [6.07, 6.45) is 2.39. The molecule has 0 saturated heterocycles.